The van der Waals surface area contributed by atoms with Crippen LogP contribution in [-0.2, 0) is 20.0 Å². The topological polar surface area (TPSA) is 29.9 Å². The maximum Gasteiger partial charge on any atom is 0.0492 e. The number of thioether (sulfide) groups is 1. The smallest absolute Gasteiger partial charge is 0.0492 e. The van der Waals surface area contributed by atoms with Gasteiger partial charge in [-0.15, -0.1) is 11.8 Å². The van der Waals surface area contributed by atoms with Crippen molar-refractivity contribution in [2.45, 2.75) is 37.8 Å². The number of nitrogens with one attached hydrogen (secondary N) is 1. The summed E-state index contributed by atoms with van der Waals surface area (Å²) < 4.78 is 1.95. The lowest BCUT2D eigenvalue weighted by Crippen LogP contribution is -2.21. The molecule has 0 saturated heterocycles. The van der Waals surface area contributed by atoms with Crippen LogP contribution in [0.5, 0.6) is 0 Å². The van der Waals surface area contributed by atoms with Crippen molar-refractivity contribution < 1.29 is 0 Å². The van der Waals surface area contributed by atoms with Gasteiger partial charge in [-0.1, -0.05) is 26.0 Å². The number of benzene rings is 1. The highest BCUT2D eigenvalue weighted by Gasteiger charge is 2.00. The highest BCUT2D eigenvalue weighted by molar-refractivity contribution is 7.99. The van der Waals surface area contributed by atoms with Gasteiger partial charge < -0.3 is 5.32 Å². The lowest BCUT2D eigenvalue weighted by molar-refractivity contribution is 0.588. The molecule has 108 valence electrons. The number of aromatic nitrogens is 2. The minimum Gasteiger partial charge on any atom is -0.310 e. The molecule has 4 heteroatoms. The van der Waals surface area contributed by atoms with Crippen LogP contribution in [0.1, 0.15) is 25.1 Å². The van der Waals surface area contributed by atoms with Gasteiger partial charge in [0.05, 0.1) is 0 Å². The first-order valence-corrected chi connectivity index (χ1v) is 8.05. The summed E-state index contributed by atoms with van der Waals surface area (Å²) in [5, 5.41) is 7.62. The Morgan fingerprint density at radius 3 is 2.55 bits per heavy atom. The Hall–Kier alpha value is -1.26. The second kappa shape index (κ2) is 7.50. The molecule has 1 aromatic heterocycles. The Kier molecular flexibility index (Phi) is 5.68. The maximum absolute atomic E-state index is 4.19. The maximum atomic E-state index is 4.19. The largest absolute Gasteiger partial charge is 0.310 e. The zero-order valence-corrected chi connectivity index (χ0v) is 13.3. The number of hydrogen-bond acceptors (Lipinski definition) is 3. The van der Waals surface area contributed by atoms with E-state index in [-0.39, 0.29) is 0 Å². The van der Waals surface area contributed by atoms with Crippen LogP contribution in [0.25, 0.3) is 0 Å². The molecule has 3 nitrogen and oxygen atoms in total. The molecule has 0 aliphatic carbocycles. The first-order valence-electron chi connectivity index (χ1n) is 7.07. The molecule has 2 aromatic rings. The van der Waals surface area contributed by atoms with Crippen molar-refractivity contribution in [2.24, 2.45) is 7.05 Å². The average molecular weight is 289 g/mol. The molecule has 2 rings (SSSR count). The Morgan fingerprint density at radius 2 is 1.95 bits per heavy atom. The van der Waals surface area contributed by atoms with Crippen molar-refractivity contribution in [1.82, 2.24) is 15.1 Å². The van der Waals surface area contributed by atoms with Gasteiger partial charge in [-0.25, -0.2) is 0 Å². The Bertz CT molecular complexity index is 517. The predicted molar refractivity (Wildman–Crippen MR) is 86.1 cm³/mol. The SMILES string of the molecule is CC(C)NCc1ccc(SCCc2ccnn2C)cc1. The molecule has 1 aromatic carbocycles. The fraction of sp³-hybridized carbons (Fsp3) is 0.438. The first kappa shape index (κ1) is 15.1. The Balaban J connectivity index is 1.77. The van der Waals surface area contributed by atoms with E-state index < -0.39 is 0 Å². The van der Waals surface area contributed by atoms with Crippen LogP contribution in [0.3, 0.4) is 0 Å². The Morgan fingerprint density at radius 1 is 1.20 bits per heavy atom. The number of rotatable bonds is 7. The van der Waals surface area contributed by atoms with Crippen molar-refractivity contribution in [3.63, 3.8) is 0 Å². The fourth-order valence-corrected chi connectivity index (χ4v) is 2.82. The summed E-state index contributed by atoms with van der Waals surface area (Å²) in [7, 11) is 2.00. The van der Waals surface area contributed by atoms with Crippen LogP contribution in [0.2, 0.25) is 0 Å². The third kappa shape index (κ3) is 4.69. The van der Waals surface area contributed by atoms with Gasteiger partial charge in [0, 0.05) is 42.2 Å². The van der Waals surface area contributed by atoms with Gasteiger partial charge in [-0.3, -0.25) is 4.68 Å². The predicted octanol–water partition coefficient (Wildman–Crippen LogP) is 3.25. The third-order valence-electron chi connectivity index (χ3n) is 3.19. The minimum atomic E-state index is 0.531. The molecule has 0 radical (unpaired) electrons. The van der Waals surface area contributed by atoms with E-state index in [0.29, 0.717) is 6.04 Å². The second-order valence-corrected chi connectivity index (χ2v) is 6.39. The van der Waals surface area contributed by atoms with Gasteiger partial charge in [0.2, 0.25) is 0 Å². The minimum absolute atomic E-state index is 0.531. The summed E-state index contributed by atoms with van der Waals surface area (Å²) in [5.74, 6) is 1.09. The summed E-state index contributed by atoms with van der Waals surface area (Å²) in [6.45, 7) is 5.28. The van der Waals surface area contributed by atoms with Crippen molar-refractivity contribution in [2.75, 3.05) is 5.75 Å². The van der Waals surface area contributed by atoms with E-state index in [1.165, 1.54) is 16.2 Å². The van der Waals surface area contributed by atoms with Crippen molar-refractivity contribution in [3.05, 3.63) is 47.8 Å². The summed E-state index contributed by atoms with van der Waals surface area (Å²) in [4.78, 5) is 1.33. The summed E-state index contributed by atoms with van der Waals surface area (Å²) >= 11 is 1.90. The van der Waals surface area contributed by atoms with Crippen molar-refractivity contribution >= 4 is 11.8 Å². The number of nitrogens with zero attached hydrogens (tertiary/aromatic N) is 2. The van der Waals surface area contributed by atoms with Gasteiger partial charge in [0.15, 0.2) is 0 Å². The van der Waals surface area contributed by atoms with E-state index in [4.69, 9.17) is 0 Å². The molecular formula is C16H23N3S. The van der Waals surface area contributed by atoms with Gasteiger partial charge in [0.25, 0.3) is 0 Å². The lowest BCUT2D eigenvalue weighted by atomic mass is 10.2. The van der Waals surface area contributed by atoms with E-state index in [0.717, 1.165) is 18.7 Å². The van der Waals surface area contributed by atoms with Gasteiger partial charge in [-0.2, -0.15) is 5.10 Å². The van der Waals surface area contributed by atoms with Crippen LogP contribution in [0.15, 0.2) is 41.4 Å². The van der Waals surface area contributed by atoms with Gasteiger partial charge >= 0.3 is 0 Å². The third-order valence-corrected chi connectivity index (χ3v) is 4.20. The van der Waals surface area contributed by atoms with Crippen LogP contribution in [0.4, 0.5) is 0 Å². The molecule has 0 amide bonds. The van der Waals surface area contributed by atoms with Crippen LogP contribution in [-0.4, -0.2) is 21.6 Å². The van der Waals surface area contributed by atoms with E-state index in [9.17, 15) is 0 Å². The van der Waals surface area contributed by atoms with E-state index in [2.05, 4.69) is 54.6 Å². The molecule has 0 aliphatic heterocycles. The standard InChI is InChI=1S/C16H23N3S/c1-13(2)17-12-14-4-6-16(7-5-14)20-11-9-15-8-10-18-19(15)3/h4-8,10,13,17H,9,11-12H2,1-3H3. The quantitative estimate of drug-likeness (QED) is 0.794. The molecule has 0 unspecified atom stereocenters. The van der Waals surface area contributed by atoms with E-state index in [1.54, 1.807) is 0 Å². The monoisotopic (exact) mass is 289 g/mol. The molecule has 1 heterocycles. The molecule has 0 aliphatic rings. The van der Waals surface area contributed by atoms with Gasteiger partial charge in [0.1, 0.15) is 0 Å². The molecule has 1 N–H and O–H groups in total. The van der Waals surface area contributed by atoms with Crippen molar-refractivity contribution in [3.8, 4) is 0 Å². The zero-order chi connectivity index (χ0) is 14.4. The van der Waals surface area contributed by atoms with Crippen LogP contribution < -0.4 is 5.32 Å². The molecule has 0 atom stereocenters. The fourth-order valence-electron chi connectivity index (χ4n) is 1.95. The van der Waals surface area contributed by atoms with Crippen LogP contribution >= 0.6 is 11.8 Å². The summed E-state index contributed by atoms with van der Waals surface area (Å²) in [6.07, 6.45) is 2.91. The lowest BCUT2D eigenvalue weighted by Gasteiger charge is -2.08. The molecule has 20 heavy (non-hydrogen) atoms. The van der Waals surface area contributed by atoms with Crippen LogP contribution in [0, 0.1) is 0 Å². The van der Waals surface area contributed by atoms with Crippen molar-refractivity contribution in [1.29, 1.82) is 0 Å². The highest BCUT2D eigenvalue weighted by Crippen LogP contribution is 2.19. The molecule has 0 bridgehead atoms. The molecule has 0 spiro atoms. The Labute approximate surface area is 125 Å². The van der Waals surface area contributed by atoms with E-state index in [1.807, 2.05) is 29.7 Å². The molecular weight excluding hydrogens is 266 g/mol. The molecule has 0 saturated carbocycles. The summed E-state index contributed by atoms with van der Waals surface area (Å²) in [6, 6.07) is 11.5. The van der Waals surface area contributed by atoms with E-state index >= 15 is 0 Å². The first-order chi connectivity index (χ1) is 9.65. The number of aryl methyl sites for hydroxylation is 2. The molecule has 0 fully saturated rings. The highest BCUT2D eigenvalue weighted by atomic mass is 32.2. The van der Waals surface area contributed by atoms with Gasteiger partial charge in [-0.05, 0) is 30.2 Å². The average Bonchev–Trinajstić information content (AvgIpc) is 2.83. The normalized spacial score (nSPS) is 11.2. The number of hydrogen-bond donors (Lipinski definition) is 1. The second-order valence-electron chi connectivity index (χ2n) is 5.22. The summed E-state index contributed by atoms with van der Waals surface area (Å²) in [5.41, 5.74) is 2.63. The zero-order valence-electron chi connectivity index (χ0n) is 12.5.